The van der Waals surface area contributed by atoms with Gasteiger partial charge in [-0.15, -0.1) is 0 Å². The lowest BCUT2D eigenvalue weighted by Gasteiger charge is -2.02. The van der Waals surface area contributed by atoms with Crippen LogP contribution in [0.5, 0.6) is 0 Å². The molecule has 5 nitrogen and oxygen atoms in total. The fourth-order valence-electron chi connectivity index (χ4n) is 2.00. The maximum Gasteiger partial charge on any atom is 0.230 e. The normalized spacial score (nSPS) is 10.9. The summed E-state index contributed by atoms with van der Waals surface area (Å²) in [7, 11) is 1.74. The highest BCUT2D eigenvalue weighted by Crippen LogP contribution is 2.35. The van der Waals surface area contributed by atoms with Crippen molar-refractivity contribution in [1.82, 2.24) is 14.9 Å². The van der Waals surface area contributed by atoms with E-state index in [0.29, 0.717) is 17.0 Å². The zero-order valence-corrected chi connectivity index (χ0v) is 10.5. The van der Waals surface area contributed by atoms with Gasteiger partial charge in [0.15, 0.2) is 0 Å². The number of rotatable bonds is 2. The smallest absolute Gasteiger partial charge is 0.230 e. The summed E-state index contributed by atoms with van der Waals surface area (Å²) in [5, 5.41) is 7.99. The summed E-state index contributed by atoms with van der Waals surface area (Å²) in [6.07, 6.45) is 1.72. The van der Waals surface area contributed by atoms with Crippen LogP contribution in [-0.2, 0) is 7.05 Å². The molecule has 0 radical (unpaired) electrons. The molecule has 3 aromatic rings. The largest absolute Gasteiger partial charge is 0.367 e. The van der Waals surface area contributed by atoms with Gasteiger partial charge in [0, 0.05) is 19.3 Å². The summed E-state index contributed by atoms with van der Waals surface area (Å²) < 4.78 is 33.2. The quantitative estimate of drug-likeness (QED) is 0.781. The Balaban J connectivity index is 2.21. The van der Waals surface area contributed by atoms with Crippen molar-refractivity contribution in [3.05, 3.63) is 42.1 Å². The molecule has 0 unspecified atom stereocenters. The molecule has 0 aliphatic carbocycles. The van der Waals surface area contributed by atoms with Crippen LogP contribution < -0.4 is 5.73 Å². The van der Waals surface area contributed by atoms with Crippen LogP contribution in [0.4, 0.5) is 14.7 Å². The fourth-order valence-corrected chi connectivity index (χ4v) is 2.00. The second-order valence-corrected chi connectivity index (χ2v) is 4.30. The van der Waals surface area contributed by atoms with Gasteiger partial charge < -0.3 is 10.3 Å². The third-order valence-electron chi connectivity index (χ3n) is 2.83. The Bertz CT molecular complexity index is 758. The van der Waals surface area contributed by atoms with Crippen molar-refractivity contribution >= 4 is 5.88 Å². The van der Waals surface area contributed by atoms with E-state index in [4.69, 9.17) is 10.3 Å². The predicted molar refractivity (Wildman–Crippen MR) is 68.5 cm³/mol. The van der Waals surface area contributed by atoms with E-state index in [1.54, 1.807) is 24.0 Å². The lowest BCUT2D eigenvalue weighted by Crippen LogP contribution is -1.92. The molecule has 0 bridgehead atoms. The first-order valence-corrected chi connectivity index (χ1v) is 5.76. The van der Waals surface area contributed by atoms with Crippen molar-refractivity contribution in [2.45, 2.75) is 0 Å². The molecule has 0 spiro atoms. The molecule has 0 saturated carbocycles. The van der Waals surface area contributed by atoms with Gasteiger partial charge in [-0.2, -0.15) is 5.10 Å². The second kappa shape index (κ2) is 4.44. The Kier molecular flexibility index (Phi) is 2.74. The fraction of sp³-hybridized carbons (Fsp3) is 0.0769. The highest BCUT2D eigenvalue weighted by atomic mass is 19.1. The van der Waals surface area contributed by atoms with Crippen molar-refractivity contribution < 1.29 is 13.3 Å². The highest BCUT2D eigenvalue weighted by molar-refractivity contribution is 5.85. The Morgan fingerprint density at radius 3 is 2.50 bits per heavy atom. The number of nitrogen functional groups attached to an aromatic ring is 1. The minimum absolute atomic E-state index is 0.0179. The molecule has 20 heavy (non-hydrogen) atoms. The van der Waals surface area contributed by atoms with Gasteiger partial charge in [0.05, 0.1) is 5.56 Å². The molecule has 0 fully saturated rings. The maximum atomic E-state index is 13.3. The van der Waals surface area contributed by atoms with Crippen LogP contribution in [0.25, 0.3) is 22.5 Å². The van der Waals surface area contributed by atoms with E-state index in [1.165, 1.54) is 12.1 Å². The van der Waals surface area contributed by atoms with Gasteiger partial charge in [0.25, 0.3) is 0 Å². The first kappa shape index (κ1) is 12.3. The number of benzene rings is 1. The molecule has 0 atom stereocenters. The summed E-state index contributed by atoms with van der Waals surface area (Å²) in [4.78, 5) is 0. The summed E-state index contributed by atoms with van der Waals surface area (Å²) in [6.45, 7) is 0. The number of aromatic nitrogens is 3. The Morgan fingerprint density at radius 1 is 1.20 bits per heavy atom. The van der Waals surface area contributed by atoms with Gasteiger partial charge in [0.2, 0.25) is 5.88 Å². The average molecular weight is 276 g/mol. The van der Waals surface area contributed by atoms with E-state index in [9.17, 15) is 8.78 Å². The molecule has 2 aromatic heterocycles. The van der Waals surface area contributed by atoms with Crippen molar-refractivity contribution in [2.24, 2.45) is 7.05 Å². The third-order valence-corrected chi connectivity index (χ3v) is 2.83. The number of hydrogen-bond acceptors (Lipinski definition) is 4. The van der Waals surface area contributed by atoms with Crippen molar-refractivity contribution in [2.75, 3.05) is 5.73 Å². The number of hydrogen-bond donors (Lipinski definition) is 1. The van der Waals surface area contributed by atoms with Crippen LogP contribution in [0.1, 0.15) is 0 Å². The Morgan fingerprint density at radius 2 is 1.90 bits per heavy atom. The molecule has 3 rings (SSSR count). The summed E-state index contributed by atoms with van der Waals surface area (Å²) in [5.41, 5.74) is 7.13. The first-order chi connectivity index (χ1) is 9.54. The maximum absolute atomic E-state index is 13.3. The van der Waals surface area contributed by atoms with E-state index in [2.05, 4.69) is 10.3 Å². The Hall–Kier alpha value is -2.70. The van der Waals surface area contributed by atoms with Gasteiger partial charge >= 0.3 is 0 Å². The number of nitrogens with two attached hydrogens (primary N) is 1. The highest BCUT2D eigenvalue weighted by Gasteiger charge is 2.20. The van der Waals surface area contributed by atoms with E-state index in [-0.39, 0.29) is 11.4 Å². The predicted octanol–water partition coefficient (Wildman–Crippen LogP) is 2.60. The van der Waals surface area contributed by atoms with Gasteiger partial charge in [-0.05, 0) is 23.8 Å². The number of halogens is 2. The molecule has 102 valence electrons. The molecular formula is C13H10F2N4O. The zero-order valence-electron chi connectivity index (χ0n) is 10.5. The third kappa shape index (κ3) is 2.03. The van der Waals surface area contributed by atoms with Crippen molar-refractivity contribution in [3.8, 4) is 22.5 Å². The second-order valence-electron chi connectivity index (χ2n) is 4.30. The van der Waals surface area contributed by atoms with Crippen LogP contribution >= 0.6 is 0 Å². The van der Waals surface area contributed by atoms with Gasteiger partial charge in [-0.3, -0.25) is 4.68 Å². The number of anilines is 1. The van der Waals surface area contributed by atoms with E-state index >= 15 is 0 Å². The van der Waals surface area contributed by atoms with Crippen LogP contribution in [0.2, 0.25) is 0 Å². The molecule has 1 aromatic carbocycles. The van der Waals surface area contributed by atoms with Crippen LogP contribution in [0.3, 0.4) is 0 Å². The van der Waals surface area contributed by atoms with E-state index < -0.39 is 11.6 Å². The monoisotopic (exact) mass is 276 g/mol. The van der Waals surface area contributed by atoms with Gasteiger partial charge in [-0.1, -0.05) is 5.16 Å². The molecule has 0 aliphatic heterocycles. The van der Waals surface area contributed by atoms with E-state index in [1.807, 2.05) is 0 Å². The lowest BCUT2D eigenvalue weighted by atomic mass is 10.0. The lowest BCUT2D eigenvalue weighted by molar-refractivity contribution is 0.439. The van der Waals surface area contributed by atoms with Gasteiger partial charge in [0.1, 0.15) is 23.0 Å². The summed E-state index contributed by atoms with van der Waals surface area (Å²) >= 11 is 0. The first-order valence-electron chi connectivity index (χ1n) is 5.76. The minimum atomic E-state index is -0.701. The summed E-state index contributed by atoms with van der Waals surface area (Å²) in [5.74, 6) is -1.42. The van der Waals surface area contributed by atoms with Crippen molar-refractivity contribution in [1.29, 1.82) is 0 Å². The molecular weight excluding hydrogens is 266 g/mol. The van der Waals surface area contributed by atoms with Crippen LogP contribution in [0, 0.1) is 11.6 Å². The Labute approximate surface area is 112 Å². The topological polar surface area (TPSA) is 69.9 Å². The van der Waals surface area contributed by atoms with Gasteiger partial charge in [-0.25, -0.2) is 8.78 Å². The molecule has 0 saturated heterocycles. The summed E-state index contributed by atoms with van der Waals surface area (Å²) in [6, 6.07) is 4.82. The SMILES string of the molecule is Cn1ccc(-c2noc(N)c2-c2cc(F)cc(F)c2)n1. The molecule has 0 aliphatic rings. The number of nitrogens with zero attached hydrogens (tertiary/aromatic N) is 3. The van der Waals surface area contributed by atoms with E-state index in [0.717, 1.165) is 6.07 Å². The average Bonchev–Trinajstić information content (AvgIpc) is 2.94. The zero-order chi connectivity index (χ0) is 14.3. The standard InChI is InChI=1S/C13H10F2N4O/c1-19-3-2-10(17-19)12-11(13(16)20-18-12)7-4-8(14)6-9(15)5-7/h2-6H,16H2,1H3. The van der Waals surface area contributed by atoms with Crippen LogP contribution in [0.15, 0.2) is 35.0 Å². The number of aryl methyl sites for hydroxylation is 1. The minimum Gasteiger partial charge on any atom is -0.367 e. The molecule has 0 amide bonds. The van der Waals surface area contributed by atoms with Crippen LogP contribution in [-0.4, -0.2) is 14.9 Å². The molecule has 2 heterocycles. The molecule has 2 N–H and O–H groups in total. The molecule has 7 heteroatoms. The van der Waals surface area contributed by atoms with Crippen molar-refractivity contribution in [3.63, 3.8) is 0 Å².